The van der Waals surface area contributed by atoms with E-state index in [1.165, 1.54) is 4.90 Å². The van der Waals surface area contributed by atoms with Crippen LogP contribution in [0.2, 0.25) is 0 Å². The molecule has 0 spiro atoms. The first kappa shape index (κ1) is 14.8. The Balaban J connectivity index is 2.56. The molecule has 104 valence electrons. The van der Waals surface area contributed by atoms with E-state index in [2.05, 4.69) is 11.8 Å². The Morgan fingerprint density at radius 1 is 1.22 bits per heavy atom. The zero-order valence-corrected chi connectivity index (χ0v) is 11.4. The number of rotatable bonds is 4. The molecule has 0 radical (unpaired) electrons. The third-order valence-electron chi connectivity index (χ3n) is 3.53. The number of nitrogens with zero attached hydrogens (tertiary/aromatic N) is 3. The number of urea groups is 1. The van der Waals surface area contributed by atoms with Gasteiger partial charge in [0, 0.05) is 33.2 Å². The molecule has 0 aliphatic carbocycles. The van der Waals surface area contributed by atoms with Crippen LogP contribution < -0.4 is 0 Å². The second kappa shape index (κ2) is 6.58. The normalized spacial score (nSPS) is 18.5. The molecule has 1 atom stereocenters. The Hall–Kier alpha value is -1.30. The van der Waals surface area contributed by atoms with Gasteiger partial charge in [-0.15, -0.1) is 0 Å². The highest BCUT2D eigenvalue weighted by Gasteiger charge is 2.29. The molecular formula is C12H23N3O3. The molecular weight excluding hydrogens is 234 g/mol. The highest BCUT2D eigenvalue weighted by atomic mass is 16.4. The zero-order chi connectivity index (χ0) is 13.7. The average molecular weight is 257 g/mol. The van der Waals surface area contributed by atoms with Gasteiger partial charge in [0.15, 0.2) is 0 Å². The fourth-order valence-corrected chi connectivity index (χ4v) is 2.23. The third-order valence-corrected chi connectivity index (χ3v) is 3.53. The van der Waals surface area contributed by atoms with Crippen LogP contribution in [0.25, 0.3) is 0 Å². The minimum Gasteiger partial charge on any atom is -0.480 e. The summed E-state index contributed by atoms with van der Waals surface area (Å²) in [6.45, 7) is 7.93. The molecule has 0 aromatic heterocycles. The number of carbonyl (C=O) groups excluding carboxylic acids is 1. The van der Waals surface area contributed by atoms with Crippen LogP contribution in [-0.4, -0.2) is 77.6 Å². The number of hydrogen-bond donors (Lipinski definition) is 1. The summed E-state index contributed by atoms with van der Waals surface area (Å²) in [5, 5.41) is 9.05. The molecule has 0 aromatic rings. The first-order chi connectivity index (χ1) is 8.51. The summed E-state index contributed by atoms with van der Waals surface area (Å²) in [4.78, 5) is 28.6. The maximum Gasteiger partial charge on any atom is 0.326 e. The summed E-state index contributed by atoms with van der Waals surface area (Å²) < 4.78 is 0. The van der Waals surface area contributed by atoms with E-state index in [1.54, 1.807) is 18.9 Å². The van der Waals surface area contributed by atoms with Crippen molar-refractivity contribution in [3.8, 4) is 0 Å². The number of carboxylic acids is 1. The molecule has 1 unspecified atom stereocenters. The molecule has 1 fully saturated rings. The van der Waals surface area contributed by atoms with E-state index in [9.17, 15) is 9.59 Å². The van der Waals surface area contributed by atoms with E-state index in [-0.39, 0.29) is 6.03 Å². The number of likely N-dealkylation sites (N-methyl/N-ethyl adjacent to an activating group) is 2. The Bertz CT molecular complexity index is 301. The monoisotopic (exact) mass is 257 g/mol. The van der Waals surface area contributed by atoms with Crippen molar-refractivity contribution in [3.63, 3.8) is 0 Å². The van der Waals surface area contributed by atoms with Gasteiger partial charge in [-0.3, -0.25) is 0 Å². The predicted molar refractivity (Wildman–Crippen MR) is 68.6 cm³/mol. The summed E-state index contributed by atoms with van der Waals surface area (Å²) in [5.41, 5.74) is 0. The minimum atomic E-state index is -0.944. The zero-order valence-electron chi connectivity index (χ0n) is 11.4. The Morgan fingerprint density at radius 2 is 1.78 bits per heavy atom. The van der Waals surface area contributed by atoms with Gasteiger partial charge in [-0.25, -0.2) is 9.59 Å². The molecule has 1 N–H and O–H groups in total. The van der Waals surface area contributed by atoms with E-state index >= 15 is 0 Å². The fraction of sp³-hybridized carbons (Fsp3) is 0.833. The average Bonchev–Trinajstić information content (AvgIpc) is 2.38. The number of piperazine rings is 1. The fourth-order valence-electron chi connectivity index (χ4n) is 2.23. The lowest BCUT2D eigenvalue weighted by Gasteiger charge is -2.37. The summed E-state index contributed by atoms with van der Waals surface area (Å²) in [6, 6.07) is -0.915. The highest BCUT2D eigenvalue weighted by Crippen LogP contribution is 2.09. The van der Waals surface area contributed by atoms with Crippen molar-refractivity contribution in [2.45, 2.75) is 26.3 Å². The summed E-state index contributed by atoms with van der Waals surface area (Å²) in [6.07, 6.45) is 0.423. The molecule has 0 saturated carbocycles. The van der Waals surface area contributed by atoms with Crippen molar-refractivity contribution in [1.82, 2.24) is 14.7 Å². The number of carboxylic acid groups (broad SMARTS) is 1. The van der Waals surface area contributed by atoms with Gasteiger partial charge in [-0.1, -0.05) is 13.8 Å². The lowest BCUT2D eigenvalue weighted by molar-refractivity contribution is -0.142. The Morgan fingerprint density at radius 3 is 2.17 bits per heavy atom. The maximum absolute atomic E-state index is 12.2. The van der Waals surface area contributed by atoms with Crippen molar-refractivity contribution in [1.29, 1.82) is 0 Å². The van der Waals surface area contributed by atoms with Gasteiger partial charge < -0.3 is 19.8 Å². The van der Waals surface area contributed by atoms with Crippen molar-refractivity contribution < 1.29 is 14.7 Å². The van der Waals surface area contributed by atoms with Gasteiger partial charge in [0.25, 0.3) is 0 Å². The molecule has 6 heteroatoms. The van der Waals surface area contributed by atoms with Gasteiger partial charge in [0.1, 0.15) is 6.04 Å². The quantitative estimate of drug-likeness (QED) is 0.798. The van der Waals surface area contributed by atoms with Crippen molar-refractivity contribution >= 4 is 12.0 Å². The van der Waals surface area contributed by atoms with Crippen LogP contribution in [0.5, 0.6) is 0 Å². The number of carbonyl (C=O) groups is 2. The standard InChI is InChI=1S/C12H23N3O3/c1-4-10(11(16)17)13(3)12(18)15-8-6-14(5-2)7-9-15/h10H,4-9H2,1-3H3,(H,16,17). The van der Waals surface area contributed by atoms with Gasteiger partial charge in [-0.05, 0) is 13.0 Å². The molecule has 1 rings (SSSR count). The van der Waals surface area contributed by atoms with Crippen LogP contribution in [0, 0.1) is 0 Å². The minimum absolute atomic E-state index is 0.181. The summed E-state index contributed by atoms with van der Waals surface area (Å²) in [7, 11) is 1.57. The summed E-state index contributed by atoms with van der Waals surface area (Å²) in [5.74, 6) is -0.944. The Labute approximate surface area is 108 Å². The smallest absolute Gasteiger partial charge is 0.326 e. The molecule has 1 saturated heterocycles. The van der Waals surface area contributed by atoms with Crippen LogP contribution in [-0.2, 0) is 4.79 Å². The molecule has 0 aromatic carbocycles. The van der Waals surface area contributed by atoms with Crippen LogP contribution >= 0.6 is 0 Å². The second-order valence-corrected chi connectivity index (χ2v) is 4.58. The Kier molecular flexibility index (Phi) is 5.40. The largest absolute Gasteiger partial charge is 0.480 e. The van der Waals surface area contributed by atoms with Gasteiger partial charge in [0.2, 0.25) is 0 Å². The highest BCUT2D eigenvalue weighted by molar-refractivity contribution is 5.82. The van der Waals surface area contributed by atoms with Crippen molar-refractivity contribution in [2.75, 3.05) is 39.8 Å². The van der Waals surface area contributed by atoms with Gasteiger partial charge in [-0.2, -0.15) is 0 Å². The summed E-state index contributed by atoms with van der Waals surface area (Å²) >= 11 is 0. The molecule has 2 amide bonds. The van der Waals surface area contributed by atoms with Crippen LogP contribution in [0.4, 0.5) is 4.79 Å². The second-order valence-electron chi connectivity index (χ2n) is 4.58. The van der Waals surface area contributed by atoms with E-state index in [0.717, 1.165) is 19.6 Å². The van der Waals surface area contributed by atoms with E-state index < -0.39 is 12.0 Å². The number of aliphatic carboxylic acids is 1. The SMILES string of the molecule is CCC(C(=O)O)N(C)C(=O)N1CCN(CC)CC1. The lowest BCUT2D eigenvalue weighted by Crippen LogP contribution is -2.54. The molecule has 0 bridgehead atoms. The predicted octanol–water partition coefficient (Wildman–Crippen LogP) is 0.539. The lowest BCUT2D eigenvalue weighted by atomic mass is 10.2. The molecule has 1 aliphatic rings. The van der Waals surface area contributed by atoms with E-state index in [0.29, 0.717) is 19.5 Å². The van der Waals surface area contributed by atoms with E-state index in [4.69, 9.17) is 5.11 Å². The van der Waals surface area contributed by atoms with Gasteiger partial charge >= 0.3 is 12.0 Å². The number of hydrogen-bond acceptors (Lipinski definition) is 3. The molecule has 18 heavy (non-hydrogen) atoms. The van der Waals surface area contributed by atoms with Crippen molar-refractivity contribution in [2.24, 2.45) is 0 Å². The topological polar surface area (TPSA) is 64.1 Å². The first-order valence-corrected chi connectivity index (χ1v) is 6.48. The maximum atomic E-state index is 12.2. The number of amides is 2. The van der Waals surface area contributed by atoms with Crippen molar-refractivity contribution in [3.05, 3.63) is 0 Å². The molecule has 1 aliphatic heterocycles. The van der Waals surface area contributed by atoms with Gasteiger partial charge in [0.05, 0.1) is 0 Å². The molecule has 6 nitrogen and oxygen atoms in total. The van der Waals surface area contributed by atoms with Crippen LogP contribution in [0.3, 0.4) is 0 Å². The van der Waals surface area contributed by atoms with Crippen LogP contribution in [0.15, 0.2) is 0 Å². The van der Waals surface area contributed by atoms with E-state index in [1.807, 2.05) is 0 Å². The third kappa shape index (κ3) is 3.35. The van der Waals surface area contributed by atoms with Crippen LogP contribution in [0.1, 0.15) is 20.3 Å². The first-order valence-electron chi connectivity index (χ1n) is 6.48. The molecule has 1 heterocycles.